The largest absolute Gasteiger partial charge is 0.466 e. The number of pyridine rings is 1. The van der Waals surface area contributed by atoms with Crippen molar-refractivity contribution < 1.29 is 14.0 Å². The third-order valence-electron chi connectivity index (χ3n) is 4.58. The normalized spacial score (nSPS) is 14.7. The number of furan rings is 1. The summed E-state index contributed by atoms with van der Waals surface area (Å²) < 4.78 is 5.45. The Kier molecular flexibility index (Phi) is 4.88. The maximum absolute atomic E-state index is 12.6. The first-order valence-electron chi connectivity index (χ1n) is 8.60. The van der Waals surface area contributed by atoms with Crippen LogP contribution in [0.2, 0.25) is 0 Å². The zero-order valence-electron chi connectivity index (χ0n) is 14.9. The van der Waals surface area contributed by atoms with Crippen LogP contribution in [0.5, 0.6) is 0 Å². The van der Waals surface area contributed by atoms with E-state index in [4.69, 9.17) is 4.42 Å². The van der Waals surface area contributed by atoms with E-state index in [1.54, 1.807) is 29.0 Å². The molecule has 0 radical (unpaired) electrons. The Morgan fingerprint density at radius 2 is 1.72 bits per heavy atom. The molecule has 0 N–H and O–H groups in total. The molecule has 132 valence electrons. The topological polar surface area (TPSA) is 66.7 Å². The fourth-order valence-electron chi connectivity index (χ4n) is 3.10. The van der Waals surface area contributed by atoms with E-state index in [2.05, 4.69) is 4.98 Å². The quantitative estimate of drug-likeness (QED) is 0.860. The lowest BCUT2D eigenvalue weighted by Gasteiger charge is -2.34. The van der Waals surface area contributed by atoms with Gasteiger partial charge in [-0.25, -0.2) is 0 Å². The number of hydrogen-bond acceptors (Lipinski definition) is 4. The van der Waals surface area contributed by atoms with E-state index in [0.717, 1.165) is 17.7 Å². The summed E-state index contributed by atoms with van der Waals surface area (Å²) in [5.41, 5.74) is 2.17. The van der Waals surface area contributed by atoms with Gasteiger partial charge in [0.2, 0.25) is 0 Å². The molecule has 2 aromatic rings. The SMILES string of the molecule is CCc1ccnc(C(=O)N2CCN(C(=O)c3cc(C)oc3C)CC2)c1. The van der Waals surface area contributed by atoms with Crippen LogP contribution in [-0.4, -0.2) is 52.8 Å². The minimum Gasteiger partial charge on any atom is -0.466 e. The van der Waals surface area contributed by atoms with Gasteiger partial charge >= 0.3 is 0 Å². The number of rotatable bonds is 3. The molecule has 3 rings (SSSR count). The molecule has 0 saturated carbocycles. The van der Waals surface area contributed by atoms with E-state index in [-0.39, 0.29) is 11.8 Å². The minimum absolute atomic E-state index is 0.0347. The Morgan fingerprint density at radius 1 is 1.08 bits per heavy atom. The number of nitrogens with zero attached hydrogens (tertiary/aromatic N) is 3. The van der Waals surface area contributed by atoms with Gasteiger partial charge in [-0.1, -0.05) is 6.92 Å². The van der Waals surface area contributed by atoms with Gasteiger partial charge in [0.1, 0.15) is 17.2 Å². The minimum atomic E-state index is -0.0715. The standard InChI is InChI=1S/C19H23N3O3/c1-4-15-5-6-20-17(12-15)19(24)22-9-7-21(8-10-22)18(23)16-11-13(2)25-14(16)3/h5-6,11-12H,4,7-10H2,1-3H3. The van der Waals surface area contributed by atoms with Crippen molar-refractivity contribution >= 4 is 11.8 Å². The fraction of sp³-hybridized carbons (Fsp3) is 0.421. The van der Waals surface area contributed by atoms with Crippen molar-refractivity contribution in [3.05, 3.63) is 52.7 Å². The van der Waals surface area contributed by atoms with Crippen LogP contribution in [0.3, 0.4) is 0 Å². The van der Waals surface area contributed by atoms with E-state index < -0.39 is 0 Å². The van der Waals surface area contributed by atoms with E-state index in [1.807, 2.05) is 26.0 Å². The molecule has 25 heavy (non-hydrogen) atoms. The molecule has 0 bridgehead atoms. The van der Waals surface area contributed by atoms with Crippen molar-refractivity contribution in [1.82, 2.24) is 14.8 Å². The average Bonchev–Trinajstić information content (AvgIpc) is 2.99. The highest BCUT2D eigenvalue weighted by atomic mass is 16.3. The second-order valence-electron chi connectivity index (χ2n) is 6.31. The van der Waals surface area contributed by atoms with Crippen molar-refractivity contribution in [3.63, 3.8) is 0 Å². The zero-order chi connectivity index (χ0) is 18.0. The number of carbonyl (C=O) groups excluding carboxylic acids is 2. The van der Waals surface area contributed by atoms with Crippen LogP contribution in [0, 0.1) is 13.8 Å². The second kappa shape index (κ2) is 7.09. The molecule has 0 spiro atoms. The van der Waals surface area contributed by atoms with Crippen LogP contribution in [0.25, 0.3) is 0 Å². The number of carbonyl (C=O) groups is 2. The molecule has 0 aromatic carbocycles. The lowest BCUT2D eigenvalue weighted by Crippen LogP contribution is -2.50. The summed E-state index contributed by atoms with van der Waals surface area (Å²) in [5, 5.41) is 0. The van der Waals surface area contributed by atoms with Gasteiger partial charge in [-0.15, -0.1) is 0 Å². The highest BCUT2D eigenvalue weighted by molar-refractivity contribution is 5.96. The molecule has 1 aliphatic heterocycles. The number of piperazine rings is 1. The maximum Gasteiger partial charge on any atom is 0.272 e. The van der Waals surface area contributed by atoms with Crippen LogP contribution in [0.15, 0.2) is 28.8 Å². The number of aryl methyl sites for hydroxylation is 3. The monoisotopic (exact) mass is 341 g/mol. The summed E-state index contributed by atoms with van der Waals surface area (Å²) in [6, 6.07) is 5.54. The second-order valence-corrected chi connectivity index (χ2v) is 6.31. The summed E-state index contributed by atoms with van der Waals surface area (Å²) in [7, 11) is 0. The van der Waals surface area contributed by atoms with Gasteiger partial charge in [0.15, 0.2) is 0 Å². The molecule has 6 heteroatoms. The molecular formula is C19H23N3O3. The molecule has 1 saturated heterocycles. The first-order chi connectivity index (χ1) is 12.0. The summed E-state index contributed by atoms with van der Waals surface area (Å²) in [6.07, 6.45) is 2.55. The van der Waals surface area contributed by atoms with E-state index in [1.165, 1.54) is 0 Å². The Morgan fingerprint density at radius 3 is 2.28 bits per heavy atom. The van der Waals surface area contributed by atoms with Gasteiger partial charge in [-0.2, -0.15) is 0 Å². The van der Waals surface area contributed by atoms with Gasteiger partial charge in [-0.3, -0.25) is 14.6 Å². The molecule has 3 heterocycles. The third-order valence-corrected chi connectivity index (χ3v) is 4.58. The molecule has 1 aliphatic rings. The maximum atomic E-state index is 12.6. The lowest BCUT2D eigenvalue weighted by atomic mass is 10.1. The van der Waals surface area contributed by atoms with Crippen LogP contribution in [0.1, 0.15) is 44.9 Å². The molecule has 6 nitrogen and oxygen atoms in total. The molecule has 2 aromatic heterocycles. The van der Waals surface area contributed by atoms with Gasteiger partial charge in [-0.05, 0) is 44.0 Å². The van der Waals surface area contributed by atoms with E-state index in [0.29, 0.717) is 43.2 Å². The predicted molar refractivity (Wildman–Crippen MR) is 93.6 cm³/mol. The zero-order valence-corrected chi connectivity index (χ0v) is 14.9. The predicted octanol–water partition coefficient (Wildman–Crippen LogP) is 2.45. The van der Waals surface area contributed by atoms with Gasteiger partial charge in [0.25, 0.3) is 11.8 Å². The van der Waals surface area contributed by atoms with Gasteiger partial charge < -0.3 is 14.2 Å². The lowest BCUT2D eigenvalue weighted by molar-refractivity contribution is 0.0531. The third kappa shape index (κ3) is 3.57. The van der Waals surface area contributed by atoms with Crippen LogP contribution < -0.4 is 0 Å². The van der Waals surface area contributed by atoms with Crippen molar-refractivity contribution in [2.24, 2.45) is 0 Å². The van der Waals surface area contributed by atoms with Gasteiger partial charge in [0, 0.05) is 32.4 Å². The molecule has 0 aliphatic carbocycles. The summed E-state index contributed by atoms with van der Waals surface area (Å²) in [6.45, 7) is 7.73. The Labute approximate surface area is 147 Å². The smallest absolute Gasteiger partial charge is 0.272 e. The molecular weight excluding hydrogens is 318 g/mol. The summed E-state index contributed by atoms with van der Waals surface area (Å²) in [4.78, 5) is 33.0. The van der Waals surface area contributed by atoms with Crippen molar-refractivity contribution in [1.29, 1.82) is 0 Å². The molecule has 2 amide bonds. The van der Waals surface area contributed by atoms with Crippen LogP contribution in [0.4, 0.5) is 0 Å². The first kappa shape index (κ1) is 17.2. The summed E-state index contributed by atoms with van der Waals surface area (Å²) in [5.74, 6) is 1.27. The van der Waals surface area contributed by atoms with Gasteiger partial charge in [0.05, 0.1) is 5.56 Å². The fourth-order valence-corrected chi connectivity index (χ4v) is 3.10. The number of amides is 2. The van der Waals surface area contributed by atoms with Crippen molar-refractivity contribution in [2.45, 2.75) is 27.2 Å². The van der Waals surface area contributed by atoms with Crippen molar-refractivity contribution in [3.8, 4) is 0 Å². The highest BCUT2D eigenvalue weighted by Gasteiger charge is 2.27. The molecule has 0 unspecified atom stereocenters. The molecule has 1 fully saturated rings. The van der Waals surface area contributed by atoms with E-state index in [9.17, 15) is 9.59 Å². The number of hydrogen-bond donors (Lipinski definition) is 0. The Hall–Kier alpha value is -2.63. The summed E-state index contributed by atoms with van der Waals surface area (Å²) >= 11 is 0. The average molecular weight is 341 g/mol. The van der Waals surface area contributed by atoms with Crippen molar-refractivity contribution in [2.75, 3.05) is 26.2 Å². The Balaban J connectivity index is 1.64. The van der Waals surface area contributed by atoms with Crippen LogP contribution >= 0.6 is 0 Å². The van der Waals surface area contributed by atoms with E-state index >= 15 is 0 Å². The first-order valence-corrected chi connectivity index (χ1v) is 8.60. The number of aromatic nitrogens is 1. The highest BCUT2D eigenvalue weighted by Crippen LogP contribution is 2.17. The molecule has 0 atom stereocenters. The Bertz CT molecular complexity index is 789. The van der Waals surface area contributed by atoms with Crippen LogP contribution in [-0.2, 0) is 6.42 Å².